The number of rotatable bonds is 2. The molecule has 0 saturated carbocycles. The Balaban J connectivity index is 2.27. The summed E-state index contributed by atoms with van der Waals surface area (Å²) in [5.74, 6) is -2.52. The van der Waals surface area contributed by atoms with Gasteiger partial charge in [-0.3, -0.25) is 4.79 Å². The molecule has 2 N–H and O–H groups in total. The Morgan fingerprint density at radius 3 is 2.28 bits per heavy atom. The molecule has 0 fully saturated rings. The van der Waals surface area contributed by atoms with Crippen molar-refractivity contribution < 1.29 is 18.7 Å². The van der Waals surface area contributed by atoms with Gasteiger partial charge < -0.3 is 10.4 Å². The van der Waals surface area contributed by atoms with E-state index in [2.05, 4.69) is 5.32 Å². The molecule has 0 unspecified atom stereocenters. The van der Waals surface area contributed by atoms with Crippen LogP contribution in [0, 0.1) is 11.6 Å². The number of benzene rings is 2. The fourth-order valence-electron chi connectivity index (χ4n) is 1.45. The monoisotopic (exact) mass is 249 g/mol. The summed E-state index contributed by atoms with van der Waals surface area (Å²) in [6.07, 6.45) is 0. The molecule has 0 aliphatic heterocycles. The highest BCUT2D eigenvalue weighted by atomic mass is 19.1. The van der Waals surface area contributed by atoms with Gasteiger partial charge in [-0.15, -0.1) is 0 Å². The summed E-state index contributed by atoms with van der Waals surface area (Å²) < 4.78 is 26.6. The first-order valence-corrected chi connectivity index (χ1v) is 5.12. The van der Waals surface area contributed by atoms with Crippen molar-refractivity contribution in [2.75, 3.05) is 5.32 Å². The lowest BCUT2D eigenvalue weighted by atomic mass is 10.2. The van der Waals surface area contributed by atoms with Gasteiger partial charge in [0.2, 0.25) is 0 Å². The van der Waals surface area contributed by atoms with Crippen molar-refractivity contribution in [3.05, 3.63) is 59.7 Å². The Hall–Kier alpha value is -2.43. The molecule has 0 aliphatic carbocycles. The highest BCUT2D eigenvalue weighted by Crippen LogP contribution is 2.19. The van der Waals surface area contributed by atoms with E-state index >= 15 is 0 Å². The molecule has 0 heterocycles. The second kappa shape index (κ2) is 4.83. The van der Waals surface area contributed by atoms with Crippen molar-refractivity contribution in [3.8, 4) is 5.75 Å². The van der Waals surface area contributed by atoms with Crippen molar-refractivity contribution >= 4 is 11.6 Å². The lowest BCUT2D eigenvalue weighted by Crippen LogP contribution is -2.14. The van der Waals surface area contributed by atoms with Crippen LogP contribution < -0.4 is 5.32 Å². The van der Waals surface area contributed by atoms with Crippen molar-refractivity contribution in [1.82, 2.24) is 0 Å². The third-order valence-electron chi connectivity index (χ3n) is 2.31. The van der Waals surface area contributed by atoms with Gasteiger partial charge in [-0.1, -0.05) is 12.1 Å². The predicted octanol–water partition coefficient (Wildman–Crippen LogP) is 2.92. The van der Waals surface area contributed by atoms with E-state index in [4.69, 9.17) is 0 Å². The van der Waals surface area contributed by atoms with Gasteiger partial charge in [-0.25, -0.2) is 8.78 Å². The molecule has 0 saturated heterocycles. The first-order chi connectivity index (χ1) is 8.58. The van der Waals surface area contributed by atoms with Crippen LogP contribution in [0.4, 0.5) is 14.5 Å². The summed E-state index contributed by atoms with van der Waals surface area (Å²) in [6.45, 7) is 0. The van der Waals surface area contributed by atoms with E-state index in [9.17, 15) is 18.7 Å². The SMILES string of the molecule is O=C(Nc1c(F)cccc1F)c1cccc(O)c1. The van der Waals surface area contributed by atoms with E-state index in [-0.39, 0.29) is 11.3 Å². The highest BCUT2D eigenvalue weighted by molar-refractivity contribution is 6.04. The molecular formula is C13H9F2NO2. The Bertz CT molecular complexity index is 579. The number of anilines is 1. The molecule has 92 valence electrons. The van der Waals surface area contributed by atoms with Gasteiger partial charge in [0.15, 0.2) is 0 Å². The van der Waals surface area contributed by atoms with E-state index in [1.54, 1.807) is 0 Å². The Labute approximate surface area is 102 Å². The molecule has 2 rings (SSSR count). The first kappa shape index (κ1) is 12.0. The zero-order chi connectivity index (χ0) is 13.1. The van der Waals surface area contributed by atoms with Crippen LogP contribution in [-0.2, 0) is 0 Å². The van der Waals surface area contributed by atoms with Crippen LogP contribution >= 0.6 is 0 Å². The number of hydrogen-bond acceptors (Lipinski definition) is 2. The summed E-state index contributed by atoms with van der Waals surface area (Å²) in [7, 11) is 0. The fourth-order valence-corrected chi connectivity index (χ4v) is 1.45. The van der Waals surface area contributed by atoms with Gasteiger partial charge in [0.05, 0.1) is 0 Å². The number of phenolic OH excluding ortho intramolecular Hbond substituents is 1. The van der Waals surface area contributed by atoms with Gasteiger partial charge >= 0.3 is 0 Å². The van der Waals surface area contributed by atoms with Crippen molar-refractivity contribution in [2.45, 2.75) is 0 Å². The zero-order valence-electron chi connectivity index (χ0n) is 9.15. The van der Waals surface area contributed by atoms with Crippen molar-refractivity contribution in [1.29, 1.82) is 0 Å². The van der Waals surface area contributed by atoms with Crippen LogP contribution in [0.3, 0.4) is 0 Å². The Morgan fingerprint density at radius 2 is 1.67 bits per heavy atom. The second-order valence-corrected chi connectivity index (χ2v) is 3.60. The van der Waals surface area contributed by atoms with Crippen LogP contribution in [-0.4, -0.2) is 11.0 Å². The van der Waals surface area contributed by atoms with Crippen molar-refractivity contribution in [2.24, 2.45) is 0 Å². The minimum absolute atomic E-state index is 0.100. The normalized spacial score (nSPS) is 10.1. The van der Waals surface area contributed by atoms with Gasteiger partial charge in [0.25, 0.3) is 5.91 Å². The number of nitrogens with one attached hydrogen (secondary N) is 1. The zero-order valence-corrected chi connectivity index (χ0v) is 9.15. The maximum absolute atomic E-state index is 13.3. The maximum atomic E-state index is 13.3. The van der Waals surface area contributed by atoms with E-state index in [1.807, 2.05) is 0 Å². The predicted molar refractivity (Wildman–Crippen MR) is 62.4 cm³/mol. The Morgan fingerprint density at radius 1 is 1.06 bits per heavy atom. The van der Waals surface area contributed by atoms with Crippen molar-refractivity contribution in [3.63, 3.8) is 0 Å². The van der Waals surface area contributed by atoms with E-state index in [0.29, 0.717) is 0 Å². The number of carbonyl (C=O) groups is 1. The van der Waals surface area contributed by atoms with Gasteiger partial charge in [0.1, 0.15) is 23.1 Å². The molecule has 18 heavy (non-hydrogen) atoms. The second-order valence-electron chi connectivity index (χ2n) is 3.60. The number of para-hydroxylation sites is 1. The molecule has 2 aromatic carbocycles. The summed E-state index contributed by atoms with van der Waals surface area (Å²) in [6, 6.07) is 8.77. The molecule has 0 spiro atoms. The molecule has 0 atom stereocenters. The average Bonchev–Trinajstić information content (AvgIpc) is 2.34. The van der Waals surface area contributed by atoms with Crippen LogP contribution in [0.25, 0.3) is 0 Å². The number of phenols is 1. The van der Waals surface area contributed by atoms with Crippen LogP contribution in [0.2, 0.25) is 0 Å². The number of hydrogen-bond donors (Lipinski definition) is 2. The number of carbonyl (C=O) groups excluding carboxylic acids is 1. The minimum Gasteiger partial charge on any atom is -0.508 e. The smallest absolute Gasteiger partial charge is 0.255 e. The molecule has 3 nitrogen and oxygen atoms in total. The number of halogens is 2. The van der Waals surface area contributed by atoms with E-state index in [0.717, 1.165) is 12.1 Å². The van der Waals surface area contributed by atoms with Gasteiger partial charge in [0, 0.05) is 5.56 Å². The molecule has 0 bridgehead atoms. The van der Waals surface area contributed by atoms with Crippen LogP contribution in [0.15, 0.2) is 42.5 Å². The standard InChI is InChI=1S/C13H9F2NO2/c14-10-5-2-6-11(15)12(10)16-13(18)8-3-1-4-9(17)7-8/h1-7,17H,(H,16,18). The summed E-state index contributed by atoms with van der Waals surface area (Å²) in [5.41, 5.74) is -0.400. The highest BCUT2D eigenvalue weighted by Gasteiger charge is 2.13. The molecular weight excluding hydrogens is 240 g/mol. The van der Waals surface area contributed by atoms with Crippen LogP contribution in [0.1, 0.15) is 10.4 Å². The molecule has 0 radical (unpaired) electrons. The minimum atomic E-state index is -0.858. The average molecular weight is 249 g/mol. The lowest BCUT2D eigenvalue weighted by Gasteiger charge is -2.07. The molecule has 0 aliphatic rings. The molecule has 1 amide bonds. The quantitative estimate of drug-likeness (QED) is 0.859. The Kier molecular flexibility index (Phi) is 3.23. The summed E-state index contributed by atoms with van der Waals surface area (Å²) in [5, 5.41) is 11.3. The van der Waals surface area contributed by atoms with Gasteiger partial charge in [-0.2, -0.15) is 0 Å². The summed E-state index contributed by atoms with van der Waals surface area (Å²) >= 11 is 0. The molecule has 0 aromatic heterocycles. The third kappa shape index (κ3) is 2.45. The largest absolute Gasteiger partial charge is 0.508 e. The van der Waals surface area contributed by atoms with E-state index in [1.165, 1.54) is 30.3 Å². The van der Waals surface area contributed by atoms with E-state index < -0.39 is 23.2 Å². The number of amides is 1. The third-order valence-corrected chi connectivity index (χ3v) is 2.31. The summed E-state index contributed by atoms with van der Waals surface area (Å²) in [4.78, 5) is 11.7. The number of aromatic hydroxyl groups is 1. The molecule has 5 heteroatoms. The fraction of sp³-hybridized carbons (Fsp3) is 0. The molecule has 2 aromatic rings. The lowest BCUT2D eigenvalue weighted by molar-refractivity contribution is 0.102. The van der Waals surface area contributed by atoms with Crippen LogP contribution in [0.5, 0.6) is 5.75 Å². The maximum Gasteiger partial charge on any atom is 0.255 e. The topological polar surface area (TPSA) is 49.3 Å². The van der Waals surface area contributed by atoms with Gasteiger partial charge in [-0.05, 0) is 30.3 Å². The first-order valence-electron chi connectivity index (χ1n) is 5.12.